The molecule has 2 saturated carbocycles. The molecule has 0 atom stereocenters. The first kappa shape index (κ1) is 17.9. The lowest BCUT2D eigenvalue weighted by atomic mass is 9.66. The van der Waals surface area contributed by atoms with Crippen LogP contribution in [0.25, 0.3) is 0 Å². The summed E-state index contributed by atoms with van der Waals surface area (Å²) < 4.78 is 6.18. The summed E-state index contributed by atoms with van der Waals surface area (Å²) in [4.78, 5) is 22.8. The van der Waals surface area contributed by atoms with Gasteiger partial charge in [-0.1, -0.05) is 12.1 Å². The van der Waals surface area contributed by atoms with Gasteiger partial charge >= 0.3 is 5.97 Å². The number of rotatable bonds is 5. The molecule has 0 unspecified atom stereocenters. The smallest absolute Gasteiger partial charge is 0.316 e. The van der Waals surface area contributed by atoms with Gasteiger partial charge in [0.1, 0.15) is 17.5 Å². The van der Waals surface area contributed by atoms with E-state index in [1.807, 2.05) is 25.1 Å². The van der Waals surface area contributed by atoms with Crippen LogP contribution in [0.4, 0.5) is 0 Å². The van der Waals surface area contributed by atoms with Crippen molar-refractivity contribution in [3.05, 3.63) is 29.3 Å². The average Bonchev–Trinajstić information content (AvgIpc) is 3.10. The molecule has 3 rings (SSSR count). The minimum atomic E-state index is -1.28. The van der Waals surface area contributed by atoms with Crippen molar-refractivity contribution >= 4 is 12.3 Å². The van der Waals surface area contributed by atoms with Crippen LogP contribution in [0.3, 0.4) is 0 Å². The van der Waals surface area contributed by atoms with Gasteiger partial charge < -0.3 is 20.4 Å². The highest BCUT2D eigenvalue weighted by Crippen LogP contribution is 2.44. The SMILES string of the molecule is Cc1ccc(C2(N)CCC(C=O)(C(=O)O)CC2)cc1OC1CCCC1. The van der Waals surface area contributed by atoms with Crippen LogP contribution in [0.1, 0.15) is 62.5 Å². The highest BCUT2D eigenvalue weighted by atomic mass is 16.5. The van der Waals surface area contributed by atoms with Crippen molar-refractivity contribution < 1.29 is 19.4 Å². The molecule has 2 aliphatic carbocycles. The zero-order valence-corrected chi connectivity index (χ0v) is 14.8. The van der Waals surface area contributed by atoms with Gasteiger partial charge in [0.2, 0.25) is 0 Å². The number of hydrogen-bond donors (Lipinski definition) is 2. The summed E-state index contributed by atoms with van der Waals surface area (Å²) in [6.45, 7) is 2.03. The zero-order chi connectivity index (χ0) is 18.1. The summed E-state index contributed by atoms with van der Waals surface area (Å²) in [5, 5.41) is 9.38. The third-order valence-electron chi connectivity index (χ3n) is 6.04. The molecule has 2 aliphatic rings. The fraction of sp³-hybridized carbons (Fsp3) is 0.600. The van der Waals surface area contributed by atoms with E-state index in [1.165, 1.54) is 12.8 Å². The Kier molecular flexibility index (Phi) is 4.87. The lowest BCUT2D eigenvalue weighted by molar-refractivity contribution is -0.154. The molecular formula is C20H27NO4. The molecule has 5 nitrogen and oxygen atoms in total. The zero-order valence-electron chi connectivity index (χ0n) is 14.8. The van der Waals surface area contributed by atoms with Gasteiger partial charge in [0.15, 0.2) is 0 Å². The van der Waals surface area contributed by atoms with Gasteiger partial charge in [-0.25, -0.2) is 0 Å². The molecule has 0 aromatic heterocycles. The van der Waals surface area contributed by atoms with Crippen LogP contribution in [0.5, 0.6) is 5.75 Å². The number of hydrogen-bond acceptors (Lipinski definition) is 4. The van der Waals surface area contributed by atoms with Crippen molar-refractivity contribution in [1.82, 2.24) is 0 Å². The van der Waals surface area contributed by atoms with E-state index in [0.29, 0.717) is 19.1 Å². The number of carboxylic acid groups (broad SMARTS) is 1. The topological polar surface area (TPSA) is 89.6 Å². The van der Waals surface area contributed by atoms with Crippen molar-refractivity contribution in [3.63, 3.8) is 0 Å². The van der Waals surface area contributed by atoms with Crippen molar-refractivity contribution in [3.8, 4) is 5.75 Å². The number of benzene rings is 1. The molecule has 0 radical (unpaired) electrons. The second kappa shape index (κ2) is 6.79. The first-order valence-corrected chi connectivity index (χ1v) is 9.15. The van der Waals surface area contributed by atoms with Crippen LogP contribution in [-0.4, -0.2) is 23.5 Å². The number of ether oxygens (including phenoxy) is 1. The lowest BCUT2D eigenvalue weighted by Crippen LogP contribution is -2.47. The van der Waals surface area contributed by atoms with Crippen LogP contribution in [0.15, 0.2) is 18.2 Å². The van der Waals surface area contributed by atoms with E-state index in [1.54, 1.807) is 0 Å². The molecule has 1 aromatic rings. The normalized spacial score (nSPS) is 30.2. The Hall–Kier alpha value is -1.88. The Morgan fingerprint density at radius 1 is 1.24 bits per heavy atom. The van der Waals surface area contributed by atoms with Gasteiger partial charge in [0, 0.05) is 5.54 Å². The Labute approximate surface area is 148 Å². The van der Waals surface area contributed by atoms with Gasteiger partial charge in [-0.15, -0.1) is 0 Å². The lowest BCUT2D eigenvalue weighted by Gasteiger charge is -2.40. The average molecular weight is 345 g/mol. The van der Waals surface area contributed by atoms with Crippen molar-refractivity contribution in [2.24, 2.45) is 11.1 Å². The Morgan fingerprint density at radius 3 is 2.44 bits per heavy atom. The Morgan fingerprint density at radius 2 is 1.88 bits per heavy atom. The number of carbonyl (C=O) groups is 2. The number of nitrogens with two attached hydrogens (primary N) is 1. The third kappa shape index (κ3) is 3.43. The molecule has 25 heavy (non-hydrogen) atoms. The Balaban J connectivity index is 1.79. The molecule has 1 aromatic carbocycles. The van der Waals surface area contributed by atoms with Gasteiger partial charge in [-0.3, -0.25) is 4.79 Å². The van der Waals surface area contributed by atoms with Crippen molar-refractivity contribution in [2.45, 2.75) is 69.9 Å². The van der Waals surface area contributed by atoms with E-state index in [9.17, 15) is 14.7 Å². The van der Waals surface area contributed by atoms with Gasteiger partial charge in [0.25, 0.3) is 0 Å². The standard InChI is InChI=1S/C20H27NO4/c1-14-6-7-15(12-17(14)25-16-4-2-3-5-16)20(21)10-8-19(13-22,9-11-20)18(23)24/h6-7,12-13,16H,2-5,8-11,21H2,1H3,(H,23,24). The summed E-state index contributed by atoms with van der Waals surface area (Å²) in [5.74, 6) is -0.168. The molecule has 0 spiro atoms. The maximum absolute atomic E-state index is 11.5. The van der Waals surface area contributed by atoms with Crippen molar-refractivity contribution in [2.75, 3.05) is 0 Å². The Bertz CT molecular complexity index is 656. The predicted octanol–water partition coefficient (Wildman–Crippen LogP) is 3.31. The predicted molar refractivity (Wildman–Crippen MR) is 94.5 cm³/mol. The molecule has 136 valence electrons. The van der Waals surface area contributed by atoms with Crippen LogP contribution >= 0.6 is 0 Å². The molecule has 0 aliphatic heterocycles. The first-order chi connectivity index (χ1) is 11.9. The number of carboxylic acids is 1. The molecule has 5 heteroatoms. The summed E-state index contributed by atoms with van der Waals surface area (Å²) >= 11 is 0. The van der Waals surface area contributed by atoms with Crippen molar-refractivity contribution in [1.29, 1.82) is 0 Å². The summed E-state index contributed by atoms with van der Waals surface area (Å²) in [7, 11) is 0. The van der Waals surface area contributed by atoms with E-state index < -0.39 is 16.9 Å². The van der Waals surface area contributed by atoms with Gasteiger partial charge in [-0.2, -0.15) is 0 Å². The number of aryl methyl sites for hydroxylation is 1. The highest BCUT2D eigenvalue weighted by molar-refractivity contribution is 5.92. The second-order valence-corrected chi connectivity index (χ2v) is 7.74. The fourth-order valence-electron chi connectivity index (χ4n) is 4.04. The largest absolute Gasteiger partial charge is 0.490 e. The summed E-state index contributed by atoms with van der Waals surface area (Å²) in [6, 6.07) is 6.04. The van der Waals surface area contributed by atoms with Crippen LogP contribution < -0.4 is 10.5 Å². The van der Waals surface area contributed by atoms with Gasteiger partial charge in [-0.05, 0) is 75.5 Å². The monoisotopic (exact) mass is 345 g/mol. The molecule has 3 N–H and O–H groups in total. The number of carbonyl (C=O) groups excluding carboxylic acids is 1. The van der Waals surface area contributed by atoms with E-state index in [-0.39, 0.29) is 18.9 Å². The molecule has 0 saturated heterocycles. The minimum absolute atomic E-state index is 0.273. The van der Waals surface area contributed by atoms with E-state index in [4.69, 9.17) is 10.5 Å². The molecule has 2 fully saturated rings. The molecule has 0 amide bonds. The summed E-state index contributed by atoms with van der Waals surface area (Å²) in [5.41, 5.74) is 6.78. The van der Waals surface area contributed by atoms with E-state index in [0.717, 1.165) is 29.7 Å². The quantitative estimate of drug-likeness (QED) is 0.631. The van der Waals surface area contributed by atoms with E-state index >= 15 is 0 Å². The highest BCUT2D eigenvalue weighted by Gasteiger charge is 2.46. The number of aldehydes is 1. The maximum Gasteiger partial charge on any atom is 0.316 e. The minimum Gasteiger partial charge on any atom is -0.490 e. The summed E-state index contributed by atoms with van der Waals surface area (Å²) in [6.07, 6.45) is 6.98. The molecule has 0 heterocycles. The molecule has 0 bridgehead atoms. The number of aliphatic carboxylic acids is 1. The van der Waals surface area contributed by atoms with Crippen LogP contribution in [0.2, 0.25) is 0 Å². The third-order valence-corrected chi connectivity index (χ3v) is 6.04. The second-order valence-electron chi connectivity index (χ2n) is 7.74. The van der Waals surface area contributed by atoms with E-state index in [2.05, 4.69) is 0 Å². The maximum atomic E-state index is 11.5. The fourth-order valence-corrected chi connectivity index (χ4v) is 4.04. The van der Waals surface area contributed by atoms with Crippen LogP contribution in [-0.2, 0) is 15.1 Å². The van der Waals surface area contributed by atoms with Gasteiger partial charge in [0.05, 0.1) is 6.10 Å². The first-order valence-electron chi connectivity index (χ1n) is 9.15. The molecular weight excluding hydrogens is 318 g/mol. The van der Waals surface area contributed by atoms with Crippen LogP contribution in [0, 0.1) is 12.3 Å².